The number of amides is 1. The van der Waals surface area contributed by atoms with Gasteiger partial charge in [0.1, 0.15) is 11.7 Å². The van der Waals surface area contributed by atoms with Crippen molar-refractivity contribution in [1.82, 2.24) is 19.9 Å². The smallest absolute Gasteiger partial charge is 0.224 e. The summed E-state index contributed by atoms with van der Waals surface area (Å²) in [6.07, 6.45) is 2.19. The number of anilines is 1. The minimum atomic E-state index is -0.112. The normalized spacial score (nSPS) is 15.7. The molecule has 3 aromatic rings. The van der Waals surface area contributed by atoms with Crippen LogP contribution in [0.4, 0.5) is 5.69 Å². The molecule has 6 nitrogen and oxygen atoms in total. The van der Waals surface area contributed by atoms with Crippen molar-refractivity contribution in [2.45, 2.75) is 25.4 Å². The Hall–Kier alpha value is -2.89. The van der Waals surface area contributed by atoms with Gasteiger partial charge in [0, 0.05) is 31.6 Å². The van der Waals surface area contributed by atoms with Crippen LogP contribution < -0.4 is 5.32 Å². The Bertz CT molecular complexity index is 860. The molecule has 25 heavy (non-hydrogen) atoms. The molecule has 0 bridgehead atoms. The average molecular weight is 335 g/mol. The summed E-state index contributed by atoms with van der Waals surface area (Å²) in [7, 11) is 0. The maximum atomic E-state index is 12.3. The van der Waals surface area contributed by atoms with Crippen LogP contribution in [-0.2, 0) is 4.79 Å². The third kappa shape index (κ3) is 3.20. The molecule has 1 amide bonds. The van der Waals surface area contributed by atoms with Crippen LogP contribution in [0.15, 0.2) is 54.6 Å². The lowest BCUT2D eigenvalue weighted by Crippen LogP contribution is -2.35. The van der Waals surface area contributed by atoms with Crippen LogP contribution >= 0.6 is 0 Å². The number of likely N-dealkylation sites (tertiary alicyclic amines) is 1. The molecule has 1 N–H and O–H groups in total. The topological polar surface area (TPSA) is 63.1 Å². The molecule has 1 unspecified atom stereocenters. The molecular weight excluding hydrogens is 314 g/mol. The van der Waals surface area contributed by atoms with Gasteiger partial charge in [-0.2, -0.15) is 0 Å². The lowest BCUT2D eigenvalue weighted by atomic mass is 10.2. The molecule has 1 aliphatic rings. The predicted molar refractivity (Wildman–Crippen MR) is 97.1 cm³/mol. The molecule has 128 valence electrons. The molecule has 1 aliphatic heterocycles. The number of carbonyl (C=O) groups is 1. The summed E-state index contributed by atoms with van der Waals surface area (Å²) in [4.78, 5) is 14.3. The summed E-state index contributed by atoms with van der Waals surface area (Å²) >= 11 is 0. The van der Waals surface area contributed by atoms with Gasteiger partial charge in [-0.1, -0.05) is 35.5 Å². The Balaban J connectivity index is 1.57. The van der Waals surface area contributed by atoms with Crippen molar-refractivity contribution in [3.63, 3.8) is 0 Å². The van der Waals surface area contributed by atoms with Crippen LogP contribution in [0.5, 0.6) is 0 Å². The van der Waals surface area contributed by atoms with E-state index in [2.05, 4.69) is 15.6 Å². The zero-order chi connectivity index (χ0) is 17.1. The second-order valence-corrected chi connectivity index (χ2v) is 6.28. The number of rotatable bonds is 6. The molecule has 1 atom stereocenters. The number of para-hydroxylation sites is 2. The minimum Gasteiger partial charge on any atom is -0.385 e. The number of nitrogens with zero attached hydrogens (tertiary/aromatic N) is 4. The Morgan fingerprint density at radius 3 is 2.68 bits per heavy atom. The first-order chi connectivity index (χ1) is 12.3. The lowest BCUT2D eigenvalue weighted by Gasteiger charge is -2.28. The van der Waals surface area contributed by atoms with E-state index < -0.39 is 0 Å². The Kier molecular flexibility index (Phi) is 4.33. The van der Waals surface area contributed by atoms with Gasteiger partial charge < -0.3 is 10.2 Å². The van der Waals surface area contributed by atoms with Gasteiger partial charge >= 0.3 is 0 Å². The van der Waals surface area contributed by atoms with Gasteiger partial charge in [-0.3, -0.25) is 4.79 Å². The molecule has 0 saturated carbocycles. The fraction of sp³-hybridized carbons (Fsp3) is 0.316. The fourth-order valence-electron chi connectivity index (χ4n) is 3.40. The van der Waals surface area contributed by atoms with Gasteiger partial charge in [-0.25, -0.2) is 4.68 Å². The Labute approximate surface area is 146 Å². The van der Waals surface area contributed by atoms with E-state index in [0.717, 1.165) is 42.7 Å². The van der Waals surface area contributed by atoms with Crippen molar-refractivity contribution >= 4 is 22.6 Å². The Morgan fingerprint density at radius 2 is 1.88 bits per heavy atom. The lowest BCUT2D eigenvalue weighted by molar-refractivity contribution is -0.131. The molecule has 1 fully saturated rings. The zero-order valence-electron chi connectivity index (χ0n) is 14.0. The summed E-state index contributed by atoms with van der Waals surface area (Å²) < 4.78 is 1.89. The van der Waals surface area contributed by atoms with Gasteiger partial charge in [0.2, 0.25) is 5.91 Å². The summed E-state index contributed by atoms with van der Waals surface area (Å²) in [5.74, 6) is 0.198. The highest BCUT2D eigenvalue weighted by atomic mass is 16.2. The van der Waals surface area contributed by atoms with Crippen molar-refractivity contribution in [2.75, 3.05) is 18.4 Å². The molecule has 0 aliphatic carbocycles. The first kappa shape index (κ1) is 15.6. The summed E-state index contributed by atoms with van der Waals surface area (Å²) in [5.41, 5.74) is 2.90. The maximum Gasteiger partial charge on any atom is 0.224 e. The maximum absolute atomic E-state index is 12.3. The molecule has 6 heteroatoms. The van der Waals surface area contributed by atoms with Crippen molar-refractivity contribution < 1.29 is 4.79 Å². The molecular formula is C19H21N5O. The molecule has 1 saturated heterocycles. The van der Waals surface area contributed by atoms with Gasteiger partial charge in [0.25, 0.3) is 0 Å². The van der Waals surface area contributed by atoms with Crippen LogP contribution in [0.2, 0.25) is 0 Å². The average Bonchev–Trinajstić information content (AvgIpc) is 3.26. The highest BCUT2D eigenvalue weighted by Gasteiger charge is 2.30. The number of benzene rings is 2. The zero-order valence-corrected chi connectivity index (χ0v) is 14.0. The number of nitrogens with one attached hydrogen (secondary N) is 1. The van der Waals surface area contributed by atoms with E-state index in [9.17, 15) is 4.79 Å². The van der Waals surface area contributed by atoms with Crippen LogP contribution in [0.1, 0.15) is 25.4 Å². The van der Waals surface area contributed by atoms with E-state index in [4.69, 9.17) is 0 Å². The number of carbonyl (C=O) groups excluding carboxylic acids is 1. The number of hydrogen-bond acceptors (Lipinski definition) is 4. The molecule has 2 aromatic carbocycles. The van der Waals surface area contributed by atoms with Crippen LogP contribution in [-0.4, -0.2) is 38.9 Å². The summed E-state index contributed by atoms with van der Waals surface area (Å²) in [6, 6.07) is 18.0. The Morgan fingerprint density at radius 1 is 1.08 bits per heavy atom. The van der Waals surface area contributed by atoms with Crippen LogP contribution in [0.3, 0.4) is 0 Å². The standard InChI is InChI=1S/C19H21N5O/c25-19-11-6-14-23(19)18(12-13-20-15-7-2-1-3-8-15)24-17-10-5-4-9-16(17)21-22-24/h1-5,7-10,18,20H,6,11-14H2. The molecule has 0 radical (unpaired) electrons. The van der Waals surface area contributed by atoms with E-state index in [0.29, 0.717) is 6.42 Å². The van der Waals surface area contributed by atoms with Crippen molar-refractivity contribution in [3.05, 3.63) is 54.6 Å². The van der Waals surface area contributed by atoms with E-state index in [-0.39, 0.29) is 12.1 Å². The van der Waals surface area contributed by atoms with E-state index >= 15 is 0 Å². The quantitative estimate of drug-likeness (QED) is 0.752. The first-order valence-electron chi connectivity index (χ1n) is 8.71. The summed E-state index contributed by atoms with van der Waals surface area (Å²) in [5, 5.41) is 12.0. The molecule has 2 heterocycles. The van der Waals surface area contributed by atoms with Crippen LogP contribution in [0, 0.1) is 0 Å². The van der Waals surface area contributed by atoms with Crippen molar-refractivity contribution in [1.29, 1.82) is 0 Å². The number of hydrogen-bond donors (Lipinski definition) is 1. The van der Waals surface area contributed by atoms with E-state index in [1.54, 1.807) is 0 Å². The van der Waals surface area contributed by atoms with Crippen LogP contribution in [0.25, 0.3) is 11.0 Å². The minimum absolute atomic E-state index is 0.112. The SMILES string of the molecule is O=C1CCCN1C(CCNc1ccccc1)n1nnc2ccccc21. The van der Waals surface area contributed by atoms with E-state index in [1.165, 1.54) is 0 Å². The van der Waals surface area contributed by atoms with Gasteiger partial charge in [0.05, 0.1) is 5.52 Å². The van der Waals surface area contributed by atoms with Gasteiger partial charge in [-0.15, -0.1) is 5.10 Å². The third-order valence-electron chi connectivity index (χ3n) is 4.63. The van der Waals surface area contributed by atoms with Crippen molar-refractivity contribution in [2.24, 2.45) is 0 Å². The molecule has 1 aromatic heterocycles. The summed E-state index contributed by atoms with van der Waals surface area (Å²) in [6.45, 7) is 1.54. The van der Waals surface area contributed by atoms with Gasteiger partial charge in [-0.05, 0) is 30.7 Å². The number of aromatic nitrogens is 3. The fourth-order valence-corrected chi connectivity index (χ4v) is 3.40. The highest BCUT2D eigenvalue weighted by molar-refractivity contribution is 5.79. The predicted octanol–water partition coefficient (Wildman–Crippen LogP) is 3.05. The largest absolute Gasteiger partial charge is 0.385 e. The third-order valence-corrected chi connectivity index (χ3v) is 4.63. The molecule has 0 spiro atoms. The van der Waals surface area contributed by atoms with Crippen molar-refractivity contribution in [3.8, 4) is 0 Å². The number of fused-ring (bicyclic) bond motifs is 1. The van der Waals surface area contributed by atoms with Gasteiger partial charge in [0.15, 0.2) is 0 Å². The first-order valence-corrected chi connectivity index (χ1v) is 8.71. The monoisotopic (exact) mass is 335 g/mol. The van der Waals surface area contributed by atoms with E-state index in [1.807, 2.05) is 64.2 Å². The second-order valence-electron chi connectivity index (χ2n) is 6.28. The highest BCUT2D eigenvalue weighted by Crippen LogP contribution is 2.26. The molecule has 4 rings (SSSR count). The second kappa shape index (κ2) is 6.93.